The normalized spacial score (nSPS) is 11.6. The van der Waals surface area contributed by atoms with E-state index in [1.165, 1.54) is 43.5 Å². The fourth-order valence-corrected chi connectivity index (χ4v) is 7.40. The van der Waals surface area contributed by atoms with Gasteiger partial charge in [0.2, 0.25) is 0 Å². The number of aromatic nitrogens is 1. The molecule has 4 aromatic rings. The SMILES string of the molecule is COc1ccc(CN(c2nccs2)S(=O)(=O)c2cc(Cl)c(Nc3ccc(OC(F)F)cc3N(C)CCN(C)C(=O)OC(C)(C)C)cc2F)c(OC)c1. The second-order valence-corrected chi connectivity index (χ2v) is 15.4. The van der Waals surface area contributed by atoms with Gasteiger partial charge in [0.05, 0.1) is 42.8 Å². The first-order valence-corrected chi connectivity index (χ1v) is 18.3. The van der Waals surface area contributed by atoms with Crippen molar-refractivity contribution in [1.29, 1.82) is 0 Å². The molecule has 3 aromatic carbocycles. The van der Waals surface area contributed by atoms with Gasteiger partial charge in [0.1, 0.15) is 33.6 Å². The highest BCUT2D eigenvalue weighted by Crippen LogP contribution is 2.38. The third-order valence-electron chi connectivity index (χ3n) is 7.38. The molecule has 0 spiro atoms. The van der Waals surface area contributed by atoms with E-state index in [9.17, 15) is 22.0 Å². The van der Waals surface area contributed by atoms with Crippen molar-refractivity contribution in [1.82, 2.24) is 9.88 Å². The number of carbonyl (C=O) groups excluding carboxylic acids is 1. The molecule has 0 radical (unpaired) electrons. The molecule has 0 saturated carbocycles. The van der Waals surface area contributed by atoms with Gasteiger partial charge in [0.15, 0.2) is 5.13 Å². The Balaban J connectivity index is 1.66. The monoisotopic (exact) mass is 785 g/mol. The Morgan fingerprint density at radius 3 is 2.33 bits per heavy atom. The lowest BCUT2D eigenvalue weighted by Gasteiger charge is -2.28. The first kappa shape index (κ1) is 40.2. The Hall–Kier alpha value is -4.61. The van der Waals surface area contributed by atoms with Crippen molar-refractivity contribution in [2.45, 2.75) is 44.4 Å². The third kappa shape index (κ3) is 10.0. The minimum Gasteiger partial charge on any atom is -0.497 e. The quantitative estimate of drug-likeness (QED) is 0.127. The molecule has 0 aliphatic carbocycles. The predicted octanol–water partition coefficient (Wildman–Crippen LogP) is 8.00. The molecule has 0 atom stereocenters. The minimum atomic E-state index is -4.61. The third-order valence-corrected chi connectivity index (χ3v) is 10.4. The van der Waals surface area contributed by atoms with Gasteiger partial charge < -0.3 is 34.1 Å². The summed E-state index contributed by atoms with van der Waals surface area (Å²) in [5, 5.41) is 4.48. The highest BCUT2D eigenvalue weighted by Gasteiger charge is 2.32. The molecule has 0 aliphatic rings. The Bertz CT molecular complexity index is 1970. The minimum absolute atomic E-state index is 0.0150. The number of hydrogen-bond donors (Lipinski definition) is 1. The Kier molecular flexibility index (Phi) is 13.0. The van der Waals surface area contributed by atoms with Crippen molar-refractivity contribution in [3.8, 4) is 17.2 Å². The predicted molar refractivity (Wildman–Crippen MR) is 195 cm³/mol. The van der Waals surface area contributed by atoms with Crippen LogP contribution in [0.15, 0.2) is 65.0 Å². The number of anilines is 4. The number of methoxy groups -OCH3 is 2. The van der Waals surface area contributed by atoms with Crippen LogP contribution in [0.4, 0.5) is 40.2 Å². The second-order valence-electron chi connectivity index (χ2n) is 12.3. The fourth-order valence-electron chi connectivity index (χ4n) is 4.78. The Morgan fingerprint density at radius 2 is 1.71 bits per heavy atom. The van der Waals surface area contributed by atoms with Gasteiger partial charge in [-0.2, -0.15) is 8.78 Å². The summed E-state index contributed by atoms with van der Waals surface area (Å²) in [5.41, 5.74) is 0.352. The molecule has 0 aliphatic heterocycles. The van der Waals surface area contributed by atoms with Gasteiger partial charge in [-0.05, 0) is 51.1 Å². The van der Waals surface area contributed by atoms with E-state index in [0.29, 0.717) is 22.7 Å². The van der Waals surface area contributed by atoms with E-state index in [1.54, 1.807) is 63.3 Å². The van der Waals surface area contributed by atoms with Crippen LogP contribution in [0.25, 0.3) is 0 Å². The van der Waals surface area contributed by atoms with Crippen LogP contribution in [0.5, 0.6) is 17.2 Å². The van der Waals surface area contributed by atoms with Crippen LogP contribution in [-0.4, -0.2) is 78.0 Å². The van der Waals surface area contributed by atoms with Crippen LogP contribution >= 0.6 is 22.9 Å². The van der Waals surface area contributed by atoms with E-state index in [1.807, 2.05) is 0 Å². The lowest BCUT2D eigenvalue weighted by molar-refractivity contribution is -0.0498. The van der Waals surface area contributed by atoms with E-state index < -0.39 is 39.0 Å². The molecule has 1 N–H and O–H groups in total. The smallest absolute Gasteiger partial charge is 0.410 e. The zero-order valence-electron chi connectivity index (χ0n) is 29.4. The summed E-state index contributed by atoms with van der Waals surface area (Å²) in [6, 6.07) is 10.8. The molecule has 52 heavy (non-hydrogen) atoms. The van der Waals surface area contributed by atoms with E-state index in [0.717, 1.165) is 27.8 Å². The van der Waals surface area contributed by atoms with Gasteiger partial charge in [-0.1, -0.05) is 11.6 Å². The van der Waals surface area contributed by atoms with Crippen LogP contribution in [0, 0.1) is 5.82 Å². The number of thiazole rings is 1. The summed E-state index contributed by atoms with van der Waals surface area (Å²) >= 11 is 7.63. The van der Waals surface area contributed by atoms with Crippen LogP contribution in [-0.2, 0) is 21.3 Å². The molecule has 0 unspecified atom stereocenters. The summed E-state index contributed by atoms with van der Waals surface area (Å²) in [6.07, 6.45) is 0.870. The van der Waals surface area contributed by atoms with Gasteiger partial charge in [0.25, 0.3) is 10.0 Å². The van der Waals surface area contributed by atoms with Crippen LogP contribution < -0.4 is 28.7 Å². The summed E-state index contributed by atoms with van der Waals surface area (Å²) in [4.78, 5) is 18.9. The number of amides is 1. The van der Waals surface area contributed by atoms with Crippen molar-refractivity contribution in [3.63, 3.8) is 0 Å². The number of carbonyl (C=O) groups is 1. The van der Waals surface area contributed by atoms with Gasteiger partial charge in [-0.25, -0.2) is 26.9 Å². The van der Waals surface area contributed by atoms with Gasteiger partial charge in [0, 0.05) is 62.5 Å². The number of likely N-dealkylation sites (N-methyl/N-ethyl adjacent to an activating group) is 2. The number of rotatable bonds is 15. The standard InChI is InChI=1S/C34H39ClF3N5O7S2/c1-34(2,3)50-33(44)42(5)14-13-41(4)28-16-23(49-31(37)38)10-11-26(28)40-27-19-25(36)30(18-24(27)35)52(45,46)43(32-39-12-15-51-32)20-21-8-9-22(47-6)17-29(21)48-7/h8-12,15-19,31,40H,13-14,20H2,1-7H3. The number of hydrogen-bond acceptors (Lipinski definition) is 11. The zero-order valence-corrected chi connectivity index (χ0v) is 31.8. The average molecular weight is 786 g/mol. The number of ether oxygens (including phenoxy) is 4. The molecule has 1 heterocycles. The fraction of sp³-hybridized carbons (Fsp3) is 0.353. The molecule has 1 aromatic heterocycles. The molecule has 0 bridgehead atoms. The first-order chi connectivity index (χ1) is 24.4. The molecule has 0 fully saturated rings. The topological polar surface area (TPSA) is 123 Å². The maximum absolute atomic E-state index is 16.0. The Labute approximate surface area is 309 Å². The Morgan fingerprint density at radius 1 is 1.00 bits per heavy atom. The number of benzene rings is 3. The molecule has 4 rings (SSSR count). The number of sulfonamides is 1. The molecule has 1 amide bonds. The number of nitrogens with one attached hydrogen (secondary N) is 1. The number of alkyl halides is 2. The van der Waals surface area contributed by atoms with Crippen molar-refractivity contribution in [2.75, 3.05) is 55.9 Å². The average Bonchev–Trinajstić information content (AvgIpc) is 3.61. The van der Waals surface area contributed by atoms with Crippen molar-refractivity contribution < 1.29 is 45.3 Å². The molecular weight excluding hydrogens is 747 g/mol. The molecule has 0 saturated heterocycles. The largest absolute Gasteiger partial charge is 0.497 e. The number of nitrogens with zero attached hydrogens (tertiary/aromatic N) is 4. The maximum atomic E-state index is 16.0. The van der Waals surface area contributed by atoms with Crippen LogP contribution in [0.3, 0.4) is 0 Å². The van der Waals surface area contributed by atoms with Crippen LogP contribution in [0.2, 0.25) is 5.02 Å². The highest BCUT2D eigenvalue weighted by molar-refractivity contribution is 7.93. The van der Waals surface area contributed by atoms with E-state index in [4.69, 9.17) is 25.8 Å². The summed E-state index contributed by atoms with van der Waals surface area (Å²) in [6.45, 7) is 2.27. The van der Waals surface area contributed by atoms with Crippen molar-refractivity contribution >= 4 is 61.2 Å². The van der Waals surface area contributed by atoms with Gasteiger partial charge in [-0.15, -0.1) is 11.3 Å². The lowest BCUT2D eigenvalue weighted by atomic mass is 10.2. The van der Waals surface area contributed by atoms with E-state index in [-0.39, 0.29) is 46.9 Å². The van der Waals surface area contributed by atoms with Crippen molar-refractivity contribution in [2.24, 2.45) is 0 Å². The molecule has 18 heteroatoms. The zero-order chi connectivity index (χ0) is 38.4. The molecular formula is C34H39ClF3N5O7S2. The first-order valence-electron chi connectivity index (χ1n) is 15.6. The van der Waals surface area contributed by atoms with Gasteiger partial charge >= 0.3 is 12.7 Å². The molecule has 12 nitrogen and oxygen atoms in total. The van der Waals surface area contributed by atoms with Gasteiger partial charge in [-0.3, -0.25) is 0 Å². The van der Waals surface area contributed by atoms with E-state index in [2.05, 4.69) is 15.0 Å². The summed E-state index contributed by atoms with van der Waals surface area (Å²) in [7, 11) is 1.51. The highest BCUT2D eigenvalue weighted by atomic mass is 35.5. The summed E-state index contributed by atoms with van der Waals surface area (Å²) < 4.78 is 92.0. The van der Waals surface area contributed by atoms with Crippen molar-refractivity contribution in [3.05, 3.63) is 76.5 Å². The maximum Gasteiger partial charge on any atom is 0.410 e. The number of halogens is 4. The lowest BCUT2D eigenvalue weighted by Crippen LogP contribution is -2.38. The van der Waals surface area contributed by atoms with E-state index >= 15 is 4.39 Å². The van der Waals surface area contributed by atoms with Crippen LogP contribution in [0.1, 0.15) is 26.3 Å². The summed E-state index contributed by atoms with van der Waals surface area (Å²) in [5.74, 6) is -0.445. The molecule has 282 valence electrons. The second kappa shape index (κ2) is 16.8.